The molecule has 124 valence electrons. The van der Waals surface area contributed by atoms with Gasteiger partial charge in [0.25, 0.3) is 0 Å². The number of fused-ring (bicyclic) bond motifs is 1. The van der Waals surface area contributed by atoms with Crippen molar-refractivity contribution in [1.82, 2.24) is 19.6 Å². The van der Waals surface area contributed by atoms with Crippen LogP contribution in [0.4, 0.5) is 10.3 Å². The quantitative estimate of drug-likeness (QED) is 0.703. The third-order valence-electron chi connectivity index (χ3n) is 5.47. The maximum atomic E-state index is 14.4. The molecule has 6 nitrogen and oxygen atoms in total. The summed E-state index contributed by atoms with van der Waals surface area (Å²) >= 11 is 2.21. The second kappa shape index (κ2) is 5.23. The predicted molar refractivity (Wildman–Crippen MR) is 94.1 cm³/mol. The van der Waals surface area contributed by atoms with E-state index in [1.54, 1.807) is 13.3 Å². The van der Waals surface area contributed by atoms with Gasteiger partial charge in [-0.3, -0.25) is 4.40 Å². The normalized spacial score (nSPS) is 30.4. The summed E-state index contributed by atoms with van der Waals surface area (Å²) in [6.07, 6.45) is 6.39. The monoisotopic (exact) mass is 430 g/mol. The smallest absolute Gasteiger partial charge is 0.212 e. The highest BCUT2D eigenvalue weighted by Crippen LogP contribution is 2.51. The molecule has 1 saturated heterocycles. The van der Waals surface area contributed by atoms with Crippen LogP contribution in [-0.2, 0) is 0 Å². The summed E-state index contributed by atoms with van der Waals surface area (Å²) in [5.41, 5.74) is 5.94. The Morgan fingerprint density at radius 2 is 2.13 bits per heavy atom. The van der Waals surface area contributed by atoms with Gasteiger partial charge in [-0.1, -0.05) is 0 Å². The Hall–Kier alpha value is -1.03. The maximum Gasteiger partial charge on any atom is 0.212 e. The lowest BCUT2D eigenvalue weighted by atomic mass is 9.74. The lowest BCUT2D eigenvalue weighted by Crippen LogP contribution is -2.47. The van der Waals surface area contributed by atoms with Crippen LogP contribution in [0.15, 0.2) is 12.5 Å². The zero-order chi connectivity index (χ0) is 16.2. The van der Waals surface area contributed by atoms with Crippen molar-refractivity contribution in [3.05, 3.63) is 16.1 Å². The van der Waals surface area contributed by atoms with Crippen molar-refractivity contribution in [2.45, 2.75) is 44.3 Å². The van der Waals surface area contributed by atoms with Gasteiger partial charge in [0, 0.05) is 25.3 Å². The van der Waals surface area contributed by atoms with Crippen molar-refractivity contribution >= 4 is 34.2 Å². The van der Waals surface area contributed by atoms with Crippen molar-refractivity contribution in [3.63, 3.8) is 0 Å². The number of hydrogen-bond donors (Lipinski definition) is 1. The molecule has 2 fully saturated rings. The van der Waals surface area contributed by atoms with Crippen LogP contribution < -0.4 is 10.6 Å². The summed E-state index contributed by atoms with van der Waals surface area (Å²) in [6, 6.07) is -0.0424. The van der Waals surface area contributed by atoms with E-state index in [2.05, 4.69) is 42.7 Å². The average molecular weight is 430 g/mol. The van der Waals surface area contributed by atoms with Crippen LogP contribution in [0.3, 0.4) is 0 Å². The van der Waals surface area contributed by atoms with E-state index in [1.807, 2.05) is 10.6 Å². The Morgan fingerprint density at radius 1 is 1.39 bits per heavy atom. The summed E-state index contributed by atoms with van der Waals surface area (Å²) in [6.45, 7) is 3.37. The Bertz CT molecular complexity index is 737. The van der Waals surface area contributed by atoms with E-state index in [9.17, 15) is 4.39 Å². The molecule has 0 aromatic carbocycles. The highest BCUT2D eigenvalue weighted by Gasteiger charge is 2.52. The maximum absolute atomic E-state index is 14.4. The fourth-order valence-corrected chi connectivity index (χ4v) is 4.83. The molecule has 1 aliphatic heterocycles. The van der Waals surface area contributed by atoms with Crippen LogP contribution in [0.1, 0.15) is 32.6 Å². The van der Waals surface area contributed by atoms with Crippen LogP contribution in [-0.4, -0.2) is 44.4 Å². The molecule has 1 unspecified atom stereocenters. The minimum Gasteiger partial charge on any atom is -0.342 e. The van der Waals surface area contributed by atoms with E-state index in [0.717, 1.165) is 41.1 Å². The van der Waals surface area contributed by atoms with E-state index in [1.165, 1.54) is 0 Å². The van der Waals surface area contributed by atoms with Crippen LogP contribution in [0, 0.1) is 8.99 Å². The number of rotatable bonds is 1. The summed E-state index contributed by atoms with van der Waals surface area (Å²) < 4.78 is 17.3. The van der Waals surface area contributed by atoms with E-state index < -0.39 is 5.67 Å². The van der Waals surface area contributed by atoms with Gasteiger partial charge in [0.1, 0.15) is 12.0 Å². The number of aromatic nitrogens is 4. The van der Waals surface area contributed by atoms with Crippen molar-refractivity contribution in [1.29, 1.82) is 0 Å². The van der Waals surface area contributed by atoms with E-state index in [0.29, 0.717) is 12.8 Å². The highest BCUT2D eigenvalue weighted by atomic mass is 127. The van der Waals surface area contributed by atoms with Crippen LogP contribution in [0.5, 0.6) is 0 Å². The third kappa shape index (κ3) is 2.50. The van der Waals surface area contributed by atoms with Crippen molar-refractivity contribution in [2.75, 3.05) is 18.0 Å². The summed E-state index contributed by atoms with van der Waals surface area (Å²) in [7, 11) is 0. The van der Waals surface area contributed by atoms with Gasteiger partial charge >= 0.3 is 0 Å². The number of hydrogen-bond acceptors (Lipinski definition) is 5. The molecule has 2 aromatic rings. The minimum absolute atomic E-state index is 0.0424. The molecule has 1 aliphatic carbocycles. The Labute approximate surface area is 147 Å². The molecule has 0 radical (unpaired) electrons. The average Bonchev–Trinajstić information content (AvgIpc) is 3.05. The number of alkyl halides is 1. The molecule has 1 saturated carbocycles. The van der Waals surface area contributed by atoms with E-state index >= 15 is 0 Å². The molecule has 23 heavy (non-hydrogen) atoms. The highest BCUT2D eigenvalue weighted by molar-refractivity contribution is 14.1. The van der Waals surface area contributed by atoms with Crippen LogP contribution >= 0.6 is 22.6 Å². The summed E-state index contributed by atoms with van der Waals surface area (Å²) in [4.78, 5) is 6.80. The first-order valence-electron chi connectivity index (χ1n) is 7.94. The molecule has 2 atom stereocenters. The number of nitrogens with zero attached hydrogens (tertiary/aromatic N) is 5. The Balaban J connectivity index is 1.58. The SMILES string of the molecule is CC1(F)C[C@@H](N)C2(CCN(c3ncc(I)c4nncn34)CC2)C1. The van der Waals surface area contributed by atoms with Crippen molar-refractivity contribution in [2.24, 2.45) is 11.1 Å². The molecule has 0 bridgehead atoms. The van der Waals surface area contributed by atoms with Gasteiger partial charge in [0.05, 0.1) is 3.57 Å². The van der Waals surface area contributed by atoms with Gasteiger partial charge in [0.2, 0.25) is 5.95 Å². The largest absolute Gasteiger partial charge is 0.342 e. The van der Waals surface area contributed by atoms with Crippen LogP contribution in [0.2, 0.25) is 0 Å². The zero-order valence-electron chi connectivity index (χ0n) is 13.0. The molecule has 3 heterocycles. The summed E-state index contributed by atoms with van der Waals surface area (Å²) in [5, 5.41) is 8.14. The molecular formula is C15H20FIN6. The fraction of sp³-hybridized carbons (Fsp3) is 0.667. The van der Waals surface area contributed by atoms with Gasteiger partial charge in [-0.15, -0.1) is 10.2 Å². The lowest BCUT2D eigenvalue weighted by Gasteiger charge is -2.42. The van der Waals surface area contributed by atoms with Crippen molar-refractivity contribution in [3.8, 4) is 0 Å². The number of nitrogens with two attached hydrogens (primary N) is 1. The van der Waals surface area contributed by atoms with Gasteiger partial charge in [-0.05, 0) is 60.6 Å². The predicted octanol–water partition coefficient (Wildman–Crippen LogP) is 2.16. The topological polar surface area (TPSA) is 72.3 Å². The Kier molecular flexibility index (Phi) is 3.53. The molecule has 4 rings (SSSR count). The second-order valence-corrected chi connectivity index (χ2v) is 8.34. The number of piperidine rings is 1. The number of halogens is 2. The first-order chi connectivity index (χ1) is 10.9. The Morgan fingerprint density at radius 3 is 2.78 bits per heavy atom. The van der Waals surface area contributed by atoms with Gasteiger partial charge in [0.15, 0.2) is 5.65 Å². The van der Waals surface area contributed by atoms with Gasteiger partial charge in [-0.2, -0.15) is 0 Å². The first kappa shape index (κ1) is 15.5. The lowest BCUT2D eigenvalue weighted by molar-refractivity contribution is 0.142. The third-order valence-corrected chi connectivity index (χ3v) is 6.23. The molecule has 0 amide bonds. The van der Waals surface area contributed by atoms with E-state index in [-0.39, 0.29) is 11.5 Å². The zero-order valence-corrected chi connectivity index (χ0v) is 15.2. The van der Waals surface area contributed by atoms with Gasteiger partial charge in [-0.25, -0.2) is 9.37 Å². The molecule has 2 aromatic heterocycles. The standard InChI is InChI=1S/C15H20FIN6/c1-14(16)6-11(18)15(8-14)2-4-22(5-3-15)13-19-7-10(17)12-21-20-9-23(12)13/h7,9,11H,2-6,8,18H2,1H3/t11-,14?/m1/s1. The fourth-order valence-electron chi connectivity index (χ4n) is 4.32. The minimum atomic E-state index is -1.12. The summed E-state index contributed by atoms with van der Waals surface area (Å²) in [5.74, 6) is 0.856. The van der Waals surface area contributed by atoms with Crippen LogP contribution in [0.25, 0.3) is 5.65 Å². The molecule has 1 spiro atoms. The number of anilines is 1. The van der Waals surface area contributed by atoms with E-state index in [4.69, 9.17) is 5.73 Å². The second-order valence-electron chi connectivity index (χ2n) is 7.18. The molecule has 2 N–H and O–H groups in total. The first-order valence-corrected chi connectivity index (χ1v) is 9.02. The molecule has 2 aliphatic rings. The van der Waals surface area contributed by atoms with Gasteiger partial charge < -0.3 is 10.6 Å². The molecule has 8 heteroatoms. The van der Waals surface area contributed by atoms with Crippen molar-refractivity contribution < 1.29 is 4.39 Å². The molecular weight excluding hydrogens is 410 g/mol.